The van der Waals surface area contributed by atoms with Crippen LogP contribution in [0, 0.1) is 0 Å². The van der Waals surface area contributed by atoms with Crippen molar-refractivity contribution >= 4 is 22.0 Å². The Morgan fingerprint density at radius 2 is 1.79 bits per heavy atom. The number of hydrogen-bond donors (Lipinski definition) is 4. The Morgan fingerprint density at radius 3 is 2.29 bits per heavy atom. The lowest BCUT2D eigenvalue weighted by Crippen LogP contribution is -2.46. The Kier molecular flexibility index (Phi) is 8.66. The molecule has 0 fully saturated rings. The van der Waals surface area contributed by atoms with Gasteiger partial charge in [0.2, 0.25) is 10.0 Å². The number of amides is 2. The third-order valence-electron chi connectivity index (χ3n) is 3.43. The first kappa shape index (κ1) is 23.7. The number of carbonyl (C=O) groups is 2. The molecule has 11 heteroatoms. The highest BCUT2D eigenvalue weighted by Gasteiger charge is 2.25. The van der Waals surface area contributed by atoms with Crippen molar-refractivity contribution in [2.75, 3.05) is 13.7 Å². The molecule has 0 saturated heterocycles. The molecule has 1 aromatic carbocycles. The van der Waals surface area contributed by atoms with Gasteiger partial charge in [-0.3, -0.25) is 10.0 Å². The lowest BCUT2D eigenvalue weighted by atomic mass is 10.1. The average Bonchev–Trinajstić information content (AvgIpc) is 2.62. The third-order valence-corrected chi connectivity index (χ3v) is 4.92. The van der Waals surface area contributed by atoms with E-state index >= 15 is 0 Å². The zero-order valence-corrected chi connectivity index (χ0v) is 17.1. The van der Waals surface area contributed by atoms with Crippen molar-refractivity contribution in [3.63, 3.8) is 0 Å². The molecule has 4 N–H and O–H groups in total. The first-order valence-corrected chi connectivity index (χ1v) is 10.0. The molecule has 0 bridgehead atoms. The number of nitrogens with one attached hydrogen (secondary N) is 3. The molecule has 0 saturated carbocycles. The minimum absolute atomic E-state index is 0.0393. The van der Waals surface area contributed by atoms with Crippen LogP contribution in [0.25, 0.3) is 0 Å². The summed E-state index contributed by atoms with van der Waals surface area (Å²) in [5.41, 5.74) is 0.799. The molecule has 0 aromatic heterocycles. The zero-order valence-electron chi connectivity index (χ0n) is 16.3. The molecule has 0 aliphatic rings. The largest absolute Gasteiger partial charge is 0.497 e. The minimum Gasteiger partial charge on any atom is -0.497 e. The van der Waals surface area contributed by atoms with Crippen LogP contribution in [0.5, 0.6) is 5.75 Å². The fourth-order valence-electron chi connectivity index (χ4n) is 2.14. The average molecular weight is 417 g/mol. The Morgan fingerprint density at radius 1 is 1.18 bits per heavy atom. The van der Waals surface area contributed by atoms with Crippen LogP contribution in [0.3, 0.4) is 0 Å². The van der Waals surface area contributed by atoms with E-state index in [0.717, 1.165) is 0 Å². The van der Waals surface area contributed by atoms with Gasteiger partial charge < -0.3 is 14.8 Å². The number of hydrogen-bond acceptors (Lipinski definition) is 7. The Labute approximate surface area is 164 Å². The number of rotatable bonds is 9. The molecular formula is C17H27N3O7S. The van der Waals surface area contributed by atoms with E-state index in [4.69, 9.17) is 14.7 Å². The van der Waals surface area contributed by atoms with Crippen molar-refractivity contribution in [2.45, 2.75) is 50.2 Å². The topological polar surface area (TPSA) is 143 Å². The normalized spacial score (nSPS) is 12.8. The molecule has 1 atom stereocenters. The van der Waals surface area contributed by atoms with Gasteiger partial charge in [-0.05, 0) is 57.9 Å². The maximum Gasteiger partial charge on any atom is 0.407 e. The van der Waals surface area contributed by atoms with Gasteiger partial charge in [-0.15, -0.1) is 0 Å². The van der Waals surface area contributed by atoms with E-state index in [2.05, 4.69) is 10.0 Å². The molecule has 0 aliphatic carbocycles. The monoisotopic (exact) mass is 417 g/mol. The van der Waals surface area contributed by atoms with E-state index in [1.807, 2.05) is 0 Å². The molecule has 28 heavy (non-hydrogen) atoms. The summed E-state index contributed by atoms with van der Waals surface area (Å²) in [6.07, 6.45) is -0.311. The summed E-state index contributed by atoms with van der Waals surface area (Å²) in [5.74, 6) is -0.425. The lowest BCUT2D eigenvalue weighted by molar-refractivity contribution is -0.131. The van der Waals surface area contributed by atoms with E-state index in [9.17, 15) is 18.0 Å². The van der Waals surface area contributed by atoms with Crippen LogP contribution in [0.2, 0.25) is 0 Å². The maximum atomic E-state index is 12.5. The number of ether oxygens (including phenoxy) is 2. The first-order chi connectivity index (χ1) is 13.0. The minimum atomic E-state index is -4.01. The molecule has 0 aliphatic heterocycles. The summed E-state index contributed by atoms with van der Waals surface area (Å²) in [6.45, 7) is 5.33. The molecular weight excluding hydrogens is 390 g/mol. The molecule has 0 radical (unpaired) electrons. The predicted molar refractivity (Wildman–Crippen MR) is 101 cm³/mol. The molecule has 2 amide bonds. The summed E-state index contributed by atoms with van der Waals surface area (Å²) >= 11 is 0. The summed E-state index contributed by atoms with van der Waals surface area (Å²) < 4.78 is 37.2. The second-order valence-electron chi connectivity index (χ2n) is 6.90. The number of carbonyl (C=O) groups excluding carboxylic acids is 2. The van der Waals surface area contributed by atoms with Gasteiger partial charge >= 0.3 is 6.09 Å². The number of benzene rings is 1. The van der Waals surface area contributed by atoms with Gasteiger partial charge in [0, 0.05) is 6.54 Å². The number of alkyl carbamates (subject to hydrolysis) is 1. The van der Waals surface area contributed by atoms with Crippen LogP contribution in [0.15, 0.2) is 29.2 Å². The molecule has 1 rings (SSSR count). The SMILES string of the molecule is COc1ccc(S(=O)(=O)N[C@H](CCCNC(=O)OC(C)(C)C)C(=O)NO)cc1. The summed E-state index contributed by atoms with van der Waals surface area (Å²) in [4.78, 5) is 23.3. The van der Waals surface area contributed by atoms with Crippen LogP contribution in [0.1, 0.15) is 33.6 Å². The van der Waals surface area contributed by atoms with Gasteiger partial charge in [0.15, 0.2) is 0 Å². The van der Waals surface area contributed by atoms with E-state index < -0.39 is 33.7 Å². The van der Waals surface area contributed by atoms with E-state index in [1.54, 1.807) is 20.8 Å². The van der Waals surface area contributed by atoms with E-state index in [-0.39, 0.29) is 24.3 Å². The Bertz CT molecular complexity index is 758. The van der Waals surface area contributed by atoms with Crippen molar-refractivity contribution in [1.29, 1.82) is 0 Å². The van der Waals surface area contributed by atoms with Gasteiger partial charge in [-0.2, -0.15) is 4.72 Å². The first-order valence-electron chi connectivity index (χ1n) is 8.55. The van der Waals surface area contributed by atoms with Crippen LogP contribution >= 0.6 is 0 Å². The molecule has 158 valence electrons. The third kappa shape index (κ3) is 8.11. The van der Waals surface area contributed by atoms with Gasteiger partial charge in [0.1, 0.15) is 17.4 Å². The lowest BCUT2D eigenvalue weighted by Gasteiger charge is -2.20. The second-order valence-corrected chi connectivity index (χ2v) is 8.61. The van der Waals surface area contributed by atoms with Gasteiger partial charge in [-0.1, -0.05) is 0 Å². The summed E-state index contributed by atoms with van der Waals surface area (Å²) in [5, 5.41) is 11.4. The molecule has 0 unspecified atom stereocenters. The van der Waals surface area contributed by atoms with Gasteiger partial charge in [-0.25, -0.2) is 18.7 Å². The highest BCUT2D eigenvalue weighted by atomic mass is 32.2. The second kappa shape index (κ2) is 10.2. The van der Waals surface area contributed by atoms with Crippen molar-refractivity contribution < 1.29 is 32.7 Å². The highest BCUT2D eigenvalue weighted by Crippen LogP contribution is 2.16. The highest BCUT2D eigenvalue weighted by molar-refractivity contribution is 7.89. The fraction of sp³-hybridized carbons (Fsp3) is 0.529. The molecule has 0 heterocycles. The molecule has 10 nitrogen and oxygen atoms in total. The van der Waals surface area contributed by atoms with Crippen molar-refractivity contribution in [3.05, 3.63) is 24.3 Å². The molecule has 0 spiro atoms. The van der Waals surface area contributed by atoms with Gasteiger partial charge in [0.25, 0.3) is 5.91 Å². The van der Waals surface area contributed by atoms with Crippen molar-refractivity contribution in [2.24, 2.45) is 0 Å². The quantitative estimate of drug-likeness (QED) is 0.268. The van der Waals surface area contributed by atoms with Crippen LogP contribution in [-0.4, -0.2) is 50.9 Å². The Hall–Kier alpha value is -2.37. The molecule has 1 aromatic rings. The van der Waals surface area contributed by atoms with E-state index in [0.29, 0.717) is 5.75 Å². The smallest absolute Gasteiger partial charge is 0.407 e. The van der Waals surface area contributed by atoms with Crippen LogP contribution < -0.4 is 20.3 Å². The van der Waals surface area contributed by atoms with E-state index in [1.165, 1.54) is 36.9 Å². The number of hydroxylamine groups is 1. The number of methoxy groups -OCH3 is 1. The number of sulfonamides is 1. The van der Waals surface area contributed by atoms with Crippen molar-refractivity contribution in [3.8, 4) is 5.75 Å². The zero-order chi connectivity index (χ0) is 21.4. The maximum absolute atomic E-state index is 12.5. The summed E-state index contributed by atoms with van der Waals surface area (Å²) in [6, 6.07) is 4.39. The Balaban J connectivity index is 2.67. The summed E-state index contributed by atoms with van der Waals surface area (Å²) in [7, 11) is -2.55. The predicted octanol–water partition coefficient (Wildman–Crippen LogP) is 1.15. The standard InChI is InChI=1S/C17H27N3O7S/c1-17(2,3)27-16(22)18-11-5-6-14(15(21)19-23)20-28(24,25)13-9-7-12(26-4)8-10-13/h7-10,14,20,23H,5-6,11H2,1-4H3,(H,18,22)(H,19,21)/t14-/m1/s1. The van der Waals surface area contributed by atoms with Gasteiger partial charge in [0.05, 0.1) is 12.0 Å². The van der Waals surface area contributed by atoms with Crippen LogP contribution in [0.4, 0.5) is 4.79 Å². The fourth-order valence-corrected chi connectivity index (χ4v) is 3.37. The van der Waals surface area contributed by atoms with Crippen LogP contribution in [-0.2, 0) is 19.6 Å². The van der Waals surface area contributed by atoms with Crippen molar-refractivity contribution in [1.82, 2.24) is 15.5 Å².